The van der Waals surface area contributed by atoms with E-state index in [1.165, 1.54) is 4.88 Å². The van der Waals surface area contributed by atoms with Gasteiger partial charge in [-0.15, -0.1) is 11.3 Å². The van der Waals surface area contributed by atoms with Gasteiger partial charge in [0.25, 0.3) is 0 Å². The first-order chi connectivity index (χ1) is 12.0. The van der Waals surface area contributed by atoms with Crippen LogP contribution < -0.4 is 5.32 Å². The van der Waals surface area contributed by atoms with E-state index in [9.17, 15) is 4.79 Å². The molecule has 1 unspecified atom stereocenters. The molecule has 5 nitrogen and oxygen atoms in total. The van der Waals surface area contributed by atoms with Gasteiger partial charge in [-0.2, -0.15) is 0 Å². The van der Waals surface area contributed by atoms with Gasteiger partial charge in [0.05, 0.1) is 18.3 Å². The van der Waals surface area contributed by atoms with Gasteiger partial charge in [0.1, 0.15) is 0 Å². The number of hydrogen-bond acceptors (Lipinski definition) is 4. The number of amides is 2. The summed E-state index contributed by atoms with van der Waals surface area (Å²) in [6.07, 6.45) is 1.34. The van der Waals surface area contributed by atoms with Gasteiger partial charge in [0.15, 0.2) is 0 Å². The van der Waals surface area contributed by atoms with Crippen LogP contribution in [0.15, 0.2) is 30.3 Å². The maximum atomic E-state index is 12.8. The molecule has 2 aromatic heterocycles. The van der Waals surface area contributed by atoms with E-state index in [1.54, 1.807) is 16.2 Å². The second-order valence-electron chi connectivity index (χ2n) is 6.13. The molecule has 136 valence electrons. The minimum atomic E-state index is -0.117. The Morgan fingerprint density at radius 2 is 2.12 bits per heavy atom. The summed E-state index contributed by atoms with van der Waals surface area (Å²) in [5, 5.41) is 12.2. The Morgan fingerprint density at radius 3 is 2.72 bits per heavy atom. The third-order valence-electron chi connectivity index (χ3n) is 3.99. The van der Waals surface area contributed by atoms with E-state index < -0.39 is 0 Å². The quantitative estimate of drug-likeness (QED) is 0.751. The number of carbonyl (C=O) groups excluding carboxylic acids is 1. The van der Waals surface area contributed by atoms with E-state index in [1.807, 2.05) is 32.0 Å². The van der Waals surface area contributed by atoms with Gasteiger partial charge in [0, 0.05) is 28.6 Å². The molecule has 25 heavy (non-hydrogen) atoms. The van der Waals surface area contributed by atoms with Crippen molar-refractivity contribution in [2.45, 2.75) is 46.2 Å². The predicted molar refractivity (Wildman–Crippen MR) is 102 cm³/mol. The van der Waals surface area contributed by atoms with Gasteiger partial charge in [-0.1, -0.05) is 13.0 Å². The maximum Gasteiger partial charge on any atom is 0.318 e. The number of thiophene rings is 1. The summed E-state index contributed by atoms with van der Waals surface area (Å²) < 4.78 is 0. The van der Waals surface area contributed by atoms with Crippen molar-refractivity contribution < 1.29 is 9.90 Å². The SMILES string of the molecule is CCC(NC(=O)N(CCCO)Cc1ccc(C)s1)c1cccc(C)n1. The molecule has 6 heteroatoms. The number of nitrogens with one attached hydrogen (secondary N) is 1. The monoisotopic (exact) mass is 361 g/mol. The van der Waals surface area contributed by atoms with Gasteiger partial charge in [0.2, 0.25) is 0 Å². The van der Waals surface area contributed by atoms with Gasteiger partial charge in [-0.3, -0.25) is 4.98 Å². The van der Waals surface area contributed by atoms with E-state index in [4.69, 9.17) is 5.11 Å². The second-order valence-corrected chi connectivity index (χ2v) is 7.50. The van der Waals surface area contributed by atoms with Crippen LogP contribution >= 0.6 is 11.3 Å². The third-order valence-corrected chi connectivity index (χ3v) is 4.97. The maximum absolute atomic E-state index is 12.8. The first-order valence-electron chi connectivity index (χ1n) is 8.68. The van der Waals surface area contributed by atoms with Gasteiger partial charge in [-0.25, -0.2) is 4.79 Å². The topological polar surface area (TPSA) is 65.5 Å². The normalized spacial score (nSPS) is 12.0. The minimum absolute atomic E-state index is 0.0733. The number of carbonyl (C=O) groups is 1. The van der Waals surface area contributed by atoms with E-state index in [0.717, 1.165) is 22.7 Å². The van der Waals surface area contributed by atoms with Crippen LogP contribution in [-0.2, 0) is 6.54 Å². The minimum Gasteiger partial charge on any atom is -0.396 e. The number of pyridine rings is 1. The molecule has 2 N–H and O–H groups in total. The predicted octanol–water partition coefficient (Wildman–Crippen LogP) is 3.81. The Bertz CT molecular complexity index is 687. The lowest BCUT2D eigenvalue weighted by molar-refractivity contribution is 0.183. The van der Waals surface area contributed by atoms with Crippen molar-refractivity contribution in [2.24, 2.45) is 0 Å². The van der Waals surface area contributed by atoms with Crippen LogP contribution in [0.2, 0.25) is 0 Å². The molecule has 0 fully saturated rings. The number of aliphatic hydroxyl groups excluding tert-OH is 1. The Labute approximate surface area is 153 Å². The largest absolute Gasteiger partial charge is 0.396 e. The number of rotatable bonds is 8. The molecule has 1 atom stereocenters. The van der Waals surface area contributed by atoms with Crippen LogP contribution in [0.5, 0.6) is 0 Å². The van der Waals surface area contributed by atoms with Crippen molar-refractivity contribution in [1.29, 1.82) is 0 Å². The summed E-state index contributed by atoms with van der Waals surface area (Å²) >= 11 is 1.69. The van der Waals surface area contributed by atoms with Crippen LogP contribution in [0, 0.1) is 13.8 Å². The van der Waals surface area contributed by atoms with Crippen molar-refractivity contribution >= 4 is 17.4 Å². The average molecular weight is 362 g/mol. The van der Waals surface area contributed by atoms with Crippen molar-refractivity contribution in [3.8, 4) is 0 Å². The smallest absolute Gasteiger partial charge is 0.318 e. The molecule has 0 aromatic carbocycles. The highest BCUT2D eigenvalue weighted by Crippen LogP contribution is 2.19. The zero-order valence-corrected chi connectivity index (χ0v) is 16.0. The molecule has 0 bridgehead atoms. The molecule has 2 aromatic rings. The second kappa shape index (κ2) is 9.53. The highest BCUT2D eigenvalue weighted by atomic mass is 32.1. The van der Waals surface area contributed by atoms with E-state index in [-0.39, 0.29) is 18.7 Å². The number of nitrogens with zero attached hydrogens (tertiary/aromatic N) is 2. The van der Waals surface area contributed by atoms with Gasteiger partial charge in [-0.05, 0) is 51.0 Å². The average Bonchev–Trinajstić information content (AvgIpc) is 3.01. The number of aryl methyl sites for hydroxylation is 2. The molecular formula is C19H27N3O2S. The Hall–Kier alpha value is -1.92. The van der Waals surface area contributed by atoms with Crippen LogP contribution in [0.3, 0.4) is 0 Å². The lowest BCUT2D eigenvalue weighted by Gasteiger charge is -2.25. The zero-order valence-electron chi connectivity index (χ0n) is 15.2. The molecule has 0 aliphatic rings. The molecule has 2 rings (SSSR count). The molecule has 0 radical (unpaired) electrons. The van der Waals surface area contributed by atoms with Gasteiger partial charge < -0.3 is 15.3 Å². The Morgan fingerprint density at radius 1 is 1.32 bits per heavy atom. The fourth-order valence-electron chi connectivity index (χ4n) is 2.66. The van der Waals surface area contributed by atoms with Crippen LogP contribution in [0.1, 0.15) is 46.9 Å². The first-order valence-corrected chi connectivity index (χ1v) is 9.50. The summed E-state index contributed by atoms with van der Waals surface area (Å²) in [4.78, 5) is 21.5. The first kappa shape index (κ1) is 19.4. The summed E-state index contributed by atoms with van der Waals surface area (Å²) in [5.41, 5.74) is 1.82. The van der Waals surface area contributed by atoms with Crippen LogP contribution in [0.4, 0.5) is 4.79 Å². The fourth-order valence-corrected chi connectivity index (χ4v) is 3.56. The Kier molecular flexibility index (Phi) is 7.40. The third kappa shape index (κ3) is 5.83. The molecule has 0 spiro atoms. The summed E-state index contributed by atoms with van der Waals surface area (Å²) in [6, 6.07) is 9.74. The standard InChI is InChI=1S/C19H27N3O2S/c1-4-17(18-8-5-7-14(2)20-18)21-19(24)22(11-6-12-23)13-16-10-9-15(3)25-16/h5,7-10,17,23H,4,6,11-13H2,1-3H3,(H,21,24). The lowest BCUT2D eigenvalue weighted by atomic mass is 10.1. The summed E-state index contributed by atoms with van der Waals surface area (Å²) in [7, 11) is 0. The van der Waals surface area contributed by atoms with Crippen LogP contribution in [0.25, 0.3) is 0 Å². The van der Waals surface area contributed by atoms with Crippen molar-refractivity contribution in [3.63, 3.8) is 0 Å². The van der Waals surface area contributed by atoms with Crippen molar-refractivity contribution in [3.05, 3.63) is 51.5 Å². The summed E-state index contributed by atoms with van der Waals surface area (Å²) in [5.74, 6) is 0. The Balaban J connectivity index is 2.08. The highest BCUT2D eigenvalue weighted by Gasteiger charge is 2.19. The number of hydrogen-bond donors (Lipinski definition) is 2. The van der Waals surface area contributed by atoms with Crippen molar-refractivity contribution in [2.75, 3.05) is 13.2 Å². The highest BCUT2D eigenvalue weighted by molar-refractivity contribution is 7.11. The van der Waals surface area contributed by atoms with Gasteiger partial charge >= 0.3 is 6.03 Å². The van der Waals surface area contributed by atoms with Crippen LogP contribution in [-0.4, -0.2) is 34.2 Å². The molecule has 0 saturated carbocycles. The lowest BCUT2D eigenvalue weighted by Crippen LogP contribution is -2.42. The summed E-state index contributed by atoms with van der Waals surface area (Å²) in [6.45, 7) is 7.20. The molecule has 2 amide bonds. The fraction of sp³-hybridized carbons (Fsp3) is 0.474. The molecular weight excluding hydrogens is 334 g/mol. The van der Waals surface area contributed by atoms with E-state index in [2.05, 4.69) is 29.4 Å². The number of aliphatic hydroxyl groups is 1. The zero-order chi connectivity index (χ0) is 18.2. The molecule has 2 heterocycles. The van der Waals surface area contributed by atoms with E-state index >= 15 is 0 Å². The molecule has 0 aliphatic carbocycles. The molecule has 0 saturated heterocycles. The number of aromatic nitrogens is 1. The number of urea groups is 1. The van der Waals surface area contributed by atoms with Crippen molar-refractivity contribution in [1.82, 2.24) is 15.2 Å². The van der Waals surface area contributed by atoms with E-state index in [0.29, 0.717) is 19.5 Å². The molecule has 0 aliphatic heterocycles.